The van der Waals surface area contributed by atoms with Crippen molar-refractivity contribution in [2.45, 2.75) is 47.0 Å². The number of imidazole rings is 1. The van der Waals surface area contributed by atoms with Crippen LogP contribution in [0.2, 0.25) is 0 Å². The zero-order valence-corrected chi connectivity index (χ0v) is 15.9. The third kappa shape index (κ3) is 2.90. The molecule has 4 heteroatoms. The maximum absolute atomic E-state index is 13.0. The number of nitrogens with zero attached hydrogens (tertiary/aromatic N) is 2. The van der Waals surface area contributed by atoms with Crippen molar-refractivity contribution < 1.29 is 4.79 Å². The zero-order chi connectivity index (χ0) is 18.4. The van der Waals surface area contributed by atoms with Crippen LogP contribution in [0.5, 0.6) is 0 Å². The lowest BCUT2D eigenvalue weighted by Gasteiger charge is -2.22. The number of nitrogens with one attached hydrogen (secondary N) is 1. The lowest BCUT2D eigenvalue weighted by Crippen LogP contribution is -2.29. The molecular weight excluding hydrogens is 322 g/mol. The Morgan fingerprint density at radius 1 is 1.12 bits per heavy atom. The van der Waals surface area contributed by atoms with Gasteiger partial charge in [-0.05, 0) is 63.3 Å². The van der Waals surface area contributed by atoms with Crippen LogP contribution in [0.1, 0.15) is 40.1 Å². The van der Waals surface area contributed by atoms with Gasteiger partial charge in [-0.2, -0.15) is 0 Å². The number of pyridine rings is 1. The molecule has 1 unspecified atom stereocenters. The van der Waals surface area contributed by atoms with Gasteiger partial charge in [-0.1, -0.05) is 23.8 Å². The van der Waals surface area contributed by atoms with Crippen molar-refractivity contribution in [3.05, 3.63) is 64.1 Å². The first-order valence-electron chi connectivity index (χ1n) is 9.27. The van der Waals surface area contributed by atoms with Gasteiger partial charge in [-0.25, -0.2) is 4.98 Å². The number of hydrogen-bond acceptors (Lipinski definition) is 2. The van der Waals surface area contributed by atoms with Gasteiger partial charge in [0.15, 0.2) is 0 Å². The molecule has 1 aromatic carbocycles. The second-order valence-electron chi connectivity index (χ2n) is 7.64. The minimum Gasteiger partial charge on any atom is -0.325 e. The minimum atomic E-state index is -0.0111. The number of hydrogen-bond donors (Lipinski definition) is 1. The number of aryl methyl sites for hydroxylation is 5. The number of benzene rings is 1. The highest BCUT2D eigenvalue weighted by Crippen LogP contribution is 2.29. The zero-order valence-electron chi connectivity index (χ0n) is 15.9. The Kier molecular flexibility index (Phi) is 4.06. The van der Waals surface area contributed by atoms with Gasteiger partial charge in [-0.15, -0.1) is 0 Å². The van der Waals surface area contributed by atoms with Crippen LogP contribution in [0, 0.1) is 33.6 Å². The summed E-state index contributed by atoms with van der Waals surface area (Å²) in [6.07, 6.45) is 4.58. The van der Waals surface area contributed by atoms with Gasteiger partial charge in [0, 0.05) is 29.9 Å². The van der Waals surface area contributed by atoms with Gasteiger partial charge >= 0.3 is 0 Å². The Hall–Kier alpha value is -2.62. The number of fused-ring (bicyclic) bond motifs is 3. The van der Waals surface area contributed by atoms with E-state index in [0.717, 1.165) is 47.4 Å². The fourth-order valence-corrected chi connectivity index (χ4v) is 4.14. The predicted molar refractivity (Wildman–Crippen MR) is 105 cm³/mol. The van der Waals surface area contributed by atoms with Crippen LogP contribution in [-0.4, -0.2) is 15.3 Å². The second-order valence-corrected chi connectivity index (χ2v) is 7.64. The summed E-state index contributed by atoms with van der Waals surface area (Å²) in [4.78, 5) is 17.7. The van der Waals surface area contributed by atoms with Crippen LogP contribution >= 0.6 is 0 Å². The normalized spacial score (nSPS) is 16.5. The summed E-state index contributed by atoms with van der Waals surface area (Å²) in [7, 11) is 0. The molecule has 0 spiro atoms. The summed E-state index contributed by atoms with van der Waals surface area (Å²) < 4.78 is 2.16. The first kappa shape index (κ1) is 16.8. The highest BCUT2D eigenvalue weighted by molar-refractivity contribution is 5.94. The molecule has 2 aromatic heterocycles. The summed E-state index contributed by atoms with van der Waals surface area (Å²) >= 11 is 0. The molecule has 1 atom stereocenters. The van der Waals surface area contributed by atoms with E-state index in [2.05, 4.69) is 67.9 Å². The lowest BCUT2D eigenvalue weighted by atomic mass is 9.88. The van der Waals surface area contributed by atoms with E-state index in [0.29, 0.717) is 0 Å². The topological polar surface area (TPSA) is 46.4 Å². The Morgan fingerprint density at radius 2 is 1.85 bits per heavy atom. The smallest absolute Gasteiger partial charge is 0.227 e. The number of amides is 1. The molecule has 26 heavy (non-hydrogen) atoms. The monoisotopic (exact) mass is 347 g/mol. The minimum absolute atomic E-state index is 0.0111. The standard InChI is InChI=1S/C22H25N3O/c1-13-5-8-20-23-18-7-6-17(11-19(18)25(20)12-13)22(26)24-21-15(3)9-14(2)10-16(21)4/h5,8-10,12,17H,6-7,11H2,1-4H3,(H,24,26). The number of aromatic nitrogens is 2. The highest BCUT2D eigenvalue weighted by Gasteiger charge is 2.28. The summed E-state index contributed by atoms with van der Waals surface area (Å²) in [5.41, 5.74) is 8.94. The summed E-state index contributed by atoms with van der Waals surface area (Å²) in [5, 5.41) is 3.19. The first-order chi connectivity index (χ1) is 12.4. The van der Waals surface area contributed by atoms with E-state index in [1.165, 1.54) is 16.8 Å². The van der Waals surface area contributed by atoms with Gasteiger partial charge in [0.25, 0.3) is 0 Å². The van der Waals surface area contributed by atoms with Crippen LogP contribution < -0.4 is 5.32 Å². The van der Waals surface area contributed by atoms with Crippen molar-refractivity contribution >= 4 is 17.2 Å². The Balaban J connectivity index is 1.60. The van der Waals surface area contributed by atoms with Crippen LogP contribution in [0.15, 0.2) is 30.5 Å². The Bertz CT molecular complexity index is 993. The van der Waals surface area contributed by atoms with Crippen molar-refractivity contribution in [1.29, 1.82) is 0 Å². The molecule has 1 amide bonds. The lowest BCUT2D eigenvalue weighted by molar-refractivity contribution is -0.120. The van der Waals surface area contributed by atoms with Crippen molar-refractivity contribution in [3.8, 4) is 0 Å². The van der Waals surface area contributed by atoms with Crippen LogP contribution in [0.3, 0.4) is 0 Å². The molecule has 0 saturated heterocycles. The third-order valence-corrected chi connectivity index (χ3v) is 5.41. The van der Waals surface area contributed by atoms with E-state index in [1.807, 2.05) is 0 Å². The molecule has 4 nitrogen and oxygen atoms in total. The largest absolute Gasteiger partial charge is 0.325 e. The highest BCUT2D eigenvalue weighted by atomic mass is 16.1. The van der Waals surface area contributed by atoms with E-state index in [-0.39, 0.29) is 11.8 Å². The van der Waals surface area contributed by atoms with Gasteiger partial charge < -0.3 is 9.72 Å². The van der Waals surface area contributed by atoms with Gasteiger partial charge in [0.05, 0.1) is 5.69 Å². The molecule has 1 N–H and O–H groups in total. The van der Waals surface area contributed by atoms with Gasteiger partial charge in [-0.3, -0.25) is 4.79 Å². The second kappa shape index (κ2) is 6.27. The Morgan fingerprint density at radius 3 is 2.58 bits per heavy atom. The predicted octanol–water partition coefficient (Wildman–Crippen LogP) is 4.31. The molecule has 2 heterocycles. The molecule has 3 aromatic rings. The number of anilines is 1. The molecule has 0 aliphatic heterocycles. The van der Waals surface area contributed by atoms with Gasteiger partial charge in [0.1, 0.15) is 5.65 Å². The van der Waals surface area contributed by atoms with Crippen molar-refractivity contribution in [1.82, 2.24) is 9.38 Å². The van der Waals surface area contributed by atoms with E-state index in [9.17, 15) is 4.79 Å². The van der Waals surface area contributed by atoms with E-state index < -0.39 is 0 Å². The molecule has 0 bridgehead atoms. The van der Waals surface area contributed by atoms with Gasteiger partial charge in [0.2, 0.25) is 5.91 Å². The van der Waals surface area contributed by atoms with Crippen LogP contribution in [-0.2, 0) is 17.6 Å². The number of carbonyl (C=O) groups excluding carboxylic acids is 1. The molecule has 0 radical (unpaired) electrons. The average molecular weight is 347 g/mol. The summed E-state index contributed by atoms with van der Waals surface area (Å²) in [6.45, 7) is 8.28. The maximum atomic E-state index is 13.0. The molecule has 1 aliphatic rings. The SMILES string of the molecule is Cc1cc(C)c(NC(=O)C2CCc3nc4ccc(C)cn4c3C2)c(C)c1. The van der Waals surface area contributed by atoms with Crippen molar-refractivity contribution in [2.24, 2.45) is 5.92 Å². The summed E-state index contributed by atoms with van der Waals surface area (Å²) in [5.74, 6) is 0.108. The van der Waals surface area contributed by atoms with Crippen LogP contribution in [0.4, 0.5) is 5.69 Å². The van der Waals surface area contributed by atoms with E-state index in [1.54, 1.807) is 0 Å². The number of carbonyl (C=O) groups is 1. The fourth-order valence-electron chi connectivity index (χ4n) is 4.14. The van der Waals surface area contributed by atoms with Crippen molar-refractivity contribution in [2.75, 3.05) is 5.32 Å². The molecule has 134 valence electrons. The summed E-state index contributed by atoms with van der Waals surface area (Å²) in [6, 6.07) is 8.38. The molecule has 0 fully saturated rings. The molecule has 0 saturated carbocycles. The maximum Gasteiger partial charge on any atom is 0.227 e. The molecule has 1 aliphatic carbocycles. The van der Waals surface area contributed by atoms with Crippen LogP contribution in [0.25, 0.3) is 5.65 Å². The average Bonchev–Trinajstić information content (AvgIpc) is 2.95. The van der Waals surface area contributed by atoms with Crippen molar-refractivity contribution in [3.63, 3.8) is 0 Å². The Labute approximate surface area is 154 Å². The quantitative estimate of drug-likeness (QED) is 0.751. The number of rotatable bonds is 2. The fraction of sp³-hybridized carbons (Fsp3) is 0.364. The molecule has 4 rings (SSSR count). The van der Waals surface area contributed by atoms with E-state index >= 15 is 0 Å². The third-order valence-electron chi connectivity index (χ3n) is 5.41. The first-order valence-corrected chi connectivity index (χ1v) is 9.27. The molecular formula is C22H25N3O. The van der Waals surface area contributed by atoms with E-state index in [4.69, 9.17) is 4.98 Å².